The van der Waals surface area contributed by atoms with Crippen LogP contribution in [-0.4, -0.2) is 39.9 Å². The van der Waals surface area contributed by atoms with Crippen molar-refractivity contribution in [2.24, 2.45) is 0 Å². The molecule has 2 aromatic heterocycles. The molecule has 3 aromatic rings. The number of anilines is 1. The molecule has 0 saturated heterocycles. The van der Waals surface area contributed by atoms with E-state index < -0.39 is 0 Å². The highest BCUT2D eigenvalue weighted by molar-refractivity contribution is 7.13. The zero-order valence-corrected chi connectivity index (χ0v) is 16.6. The molecule has 1 aliphatic rings. The van der Waals surface area contributed by atoms with Crippen LogP contribution in [0.15, 0.2) is 54.9 Å². The van der Waals surface area contributed by atoms with Gasteiger partial charge in [0.05, 0.1) is 17.6 Å². The third kappa shape index (κ3) is 4.78. The number of aromatic nitrogens is 2. The molecular formula is C21H21N5O2S. The summed E-state index contributed by atoms with van der Waals surface area (Å²) >= 11 is 1.40. The van der Waals surface area contributed by atoms with E-state index in [2.05, 4.69) is 20.6 Å². The van der Waals surface area contributed by atoms with Crippen LogP contribution in [0.3, 0.4) is 0 Å². The van der Waals surface area contributed by atoms with Gasteiger partial charge in [0.15, 0.2) is 5.01 Å². The Morgan fingerprint density at radius 3 is 2.69 bits per heavy atom. The van der Waals surface area contributed by atoms with E-state index in [1.54, 1.807) is 24.5 Å². The molecule has 0 bridgehead atoms. The van der Waals surface area contributed by atoms with E-state index in [0.29, 0.717) is 43.2 Å². The number of rotatable bonds is 4. The highest BCUT2D eigenvalue weighted by Crippen LogP contribution is 2.24. The maximum atomic E-state index is 12.5. The molecular weight excluding hydrogens is 386 g/mol. The van der Waals surface area contributed by atoms with E-state index in [9.17, 15) is 9.59 Å². The van der Waals surface area contributed by atoms with Crippen LogP contribution in [0.2, 0.25) is 0 Å². The second-order valence-electron chi connectivity index (χ2n) is 6.72. The van der Waals surface area contributed by atoms with Gasteiger partial charge in [-0.15, -0.1) is 11.3 Å². The zero-order valence-electron chi connectivity index (χ0n) is 15.8. The fourth-order valence-corrected chi connectivity index (χ4v) is 4.16. The monoisotopic (exact) mass is 407 g/mol. The Hall–Kier alpha value is -3.26. The highest BCUT2D eigenvalue weighted by Gasteiger charge is 2.23. The van der Waals surface area contributed by atoms with E-state index in [-0.39, 0.29) is 11.9 Å². The number of thiazole rings is 1. The molecule has 0 fully saturated rings. The number of hydrogen-bond donors (Lipinski definition) is 2. The summed E-state index contributed by atoms with van der Waals surface area (Å²) in [5.74, 6) is -0.228. The molecule has 1 aliphatic heterocycles. The van der Waals surface area contributed by atoms with Crippen molar-refractivity contribution < 1.29 is 9.59 Å². The lowest BCUT2D eigenvalue weighted by Crippen LogP contribution is -2.41. The Morgan fingerprint density at radius 2 is 1.90 bits per heavy atom. The topological polar surface area (TPSA) is 87.2 Å². The highest BCUT2D eigenvalue weighted by atomic mass is 32.1. The molecule has 148 valence electrons. The largest absolute Gasteiger partial charge is 0.334 e. The maximum absolute atomic E-state index is 12.5. The number of carbonyl (C=O) groups excluding carboxylic acids is 2. The molecule has 3 heterocycles. The van der Waals surface area contributed by atoms with Crippen molar-refractivity contribution in [1.82, 2.24) is 20.2 Å². The lowest BCUT2D eigenvalue weighted by atomic mass is 10.2. The molecule has 0 atom stereocenters. The summed E-state index contributed by atoms with van der Waals surface area (Å²) in [5.41, 5.74) is 2.62. The lowest BCUT2D eigenvalue weighted by Gasteiger charge is -2.20. The lowest BCUT2D eigenvalue weighted by molar-refractivity contribution is 0.102. The number of urea groups is 1. The number of pyridine rings is 1. The Balaban J connectivity index is 1.33. The average molecular weight is 407 g/mol. The van der Waals surface area contributed by atoms with Gasteiger partial charge in [0.25, 0.3) is 5.91 Å². The number of fused-ring (bicyclic) bond motifs is 1. The minimum atomic E-state index is -0.228. The van der Waals surface area contributed by atoms with Crippen molar-refractivity contribution in [3.8, 4) is 0 Å². The Bertz CT molecular complexity index is 965. The summed E-state index contributed by atoms with van der Waals surface area (Å²) in [5, 5.41) is 6.23. The number of nitrogens with zero attached hydrogens (tertiary/aromatic N) is 3. The van der Waals surface area contributed by atoms with Gasteiger partial charge in [-0.05, 0) is 17.7 Å². The van der Waals surface area contributed by atoms with Crippen molar-refractivity contribution in [1.29, 1.82) is 0 Å². The molecule has 0 spiro atoms. The fraction of sp³-hybridized carbons (Fsp3) is 0.238. The fourth-order valence-electron chi connectivity index (χ4n) is 3.17. The normalized spacial score (nSPS) is 13.3. The molecule has 8 heteroatoms. The van der Waals surface area contributed by atoms with Gasteiger partial charge in [-0.25, -0.2) is 9.78 Å². The van der Waals surface area contributed by atoms with Crippen LogP contribution in [0.5, 0.6) is 0 Å². The zero-order chi connectivity index (χ0) is 20.1. The van der Waals surface area contributed by atoms with Gasteiger partial charge in [0, 0.05) is 43.5 Å². The van der Waals surface area contributed by atoms with Crippen LogP contribution in [-0.2, 0) is 19.4 Å². The molecule has 0 radical (unpaired) electrons. The SMILES string of the molecule is O=C(Nc1cccnc1)c1nc2c(s1)CCN(C(=O)NCc1ccccc1)CC2. The quantitative estimate of drug-likeness (QED) is 0.696. The second-order valence-corrected chi connectivity index (χ2v) is 7.80. The minimum absolute atomic E-state index is 0.0708. The van der Waals surface area contributed by atoms with Gasteiger partial charge < -0.3 is 15.5 Å². The van der Waals surface area contributed by atoms with Gasteiger partial charge in [-0.3, -0.25) is 9.78 Å². The van der Waals surface area contributed by atoms with Crippen molar-refractivity contribution >= 4 is 29.0 Å². The van der Waals surface area contributed by atoms with E-state index in [1.807, 2.05) is 35.2 Å². The van der Waals surface area contributed by atoms with Gasteiger partial charge in [-0.2, -0.15) is 0 Å². The first-order valence-corrected chi connectivity index (χ1v) is 10.3. The third-order valence-corrected chi connectivity index (χ3v) is 5.85. The van der Waals surface area contributed by atoms with Crippen molar-refractivity contribution in [3.63, 3.8) is 0 Å². The summed E-state index contributed by atoms with van der Waals surface area (Å²) in [6, 6.07) is 13.3. The molecule has 1 aromatic carbocycles. The van der Waals surface area contributed by atoms with Crippen LogP contribution in [0.25, 0.3) is 0 Å². The van der Waals surface area contributed by atoms with Gasteiger partial charge in [0.1, 0.15) is 0 Å². The Morgan fingerprint density at radius 1 is 1.07 bits per heavy atom. The molecule has 29 heavy (non-hydrogen) atoms. The van der Waals surface area contributed by atoms with E-state index in [0.717, 1.165) is 16.1 Å². The van der Waals surface area contributed by atoms with Gasteiger partial charge >= 0.3 is 6.03 Å². The van der Waals surface area contributed by atoms with E-state index >= 15 is 0 Å². The molecule has 0 aliphatic carbocycles. The first-order chi connectivity index (χ1) is 14.2. The molecule has 0 saturated carbocycles. The van der Waals surface area contributed by atoms with Crippen LogP contribution in [0.1, 0.15) is 25.9 Å². The van der Waals surface area contributed by atoms with Crippen LogP contribution in [0.4, 0.5) is 10.5 Å². The minimum Gasteiger partial charge on any atom is -0.334 e. The van der Waals surface area contributed by atoms with Gasteiger partial charge in [-0.1, -0.05) is 30.3 Å². The summed E-state index contributed by atoms with van der Waals surface area (Å²) in [4.78, 5) is 36.3. The second kappa shape index (κ2) is 8.83. The van der Waals surface area contributed by atoms with Crippen molar-refractivity contribution in [3.05, 3.63) is 76.0 Å². The first-order valence-electron chi connectivity index (χ1n) is 9.46. The van der Waals surface area contributed by atoms with Gasteiger partial charge in [0.2, 0.25) is 0 Å². The smallest absolute Gasteiger partial charge is 0.317 e. The number of benzene rings is 1. The predicted octanol–water partition coefficient (Wildman–Crippen LogP) is 3.10. The maximum Gasteiger partial charge on any atom is 0.317 e. The summed E-state index contributed by atoms with van der Waals surface area (Å²) in [6.45, 7) is 1.70. The van der Waals surface area contributed by atoms with Crippen molar-refractivity contribution in [2.75, 3.05) is 18.4 Å². The Labute approximate surface area is 172 Å². The molecule has 4 rings (SSSR count). The Kier molecular flexibility index (Phi) is 5.81. The summed E-state index contributed by atoms with van der Waals surface area (Å²) in [6.07, 6.45) is 4.60. The molecule has 0 unspecified atom stereocenters. The predicted molar refractivity (Wildman–Crippen MR) is 112 cm³/mol. The number of nitrogens with one attached hydrogen (secondary N) is 2. The standard InChI is InChI=1S/C21H21N5O2S/c27-19(24-16-7-4-10-22-14-16)20-25-17-8-11-26(12-9-18(17)29-20)21(28)23-13-15-5-2-1-3-6-15/h1-7,10,14H,8-9,11-13H2,(H,23,28)(H,24,27). The molecule has 3 amide bonds. The molecule has 7 nitrogen and oxygen atoms in total. The third-order valence-electron chi connectivity index (χ3n) is 4.69. The van der Waals surface area contributed by atoms with Crippen LogP contribution >= 0.6 is 11.3 Å². The summed E-state index contributed by atoms with van der Waals surface area (Å²) in [7, 11) is 0. The first kappa shape index (κ1) is 19.1. The molecule has 2 N–H and O–H groups in total. The van der Waals surface area contributed by atoms with E-state index in [4.69, 9.17) is 0 Å². The average Bonchev–Trinajstić information content (AvgIpc) is 3.07. The van der Waals surface area contributed by atoms with E-state index in [1.165, 1.54) is 11.3 Å². The van der Waals surface area contributed by atoms with Crippen LogP contribution in [0, 0.1) is 0 Å². The van der Waals surface area contributed by atoms with Crippen molar-refractivity contribution in [2.45, 2.75) is 19.4 Å². The number of carbonyl (C=O) groups is 2. The van der Waals surface area contributed by atoms with Crippen LogP contribution < -0.4 is 10.6 Å². The summed E-state index contributed by atoms with van der Waals surface area (Å²) < 4.78 is 0. The number of hydrogen-bond acceptors (Lipinski definition) is 5. The number of amides is 3.